The summed E-state index contributed by atoms with van der Waals surface area (Å²) in [6.45, 7) is 5.12. The Hall–Kier alpha value is -3.15. The van der Waals surface area contributed by atoms with Gasteiger partial charge in [-0.3, -0.25) is 14.7 Å². The van der Waals surface area contributed by atoms with Crippen molar-refractivity contribution in [2.24, 2.45) is 7.05 Å². The van der Waals surface area contributed by atoms with Crippen LogP contribution in [0.5, 0.6) is 0 Å². The molecule has 1 aliphatic heterocycles. The van der Waals surface area contributed by atoms with Crippen molar-refractivity contribution in [3.05, 3.63) is 74.8 Å². The van der Waals surface area contributed by atoms with Gasteiger partial charge in [0.15, 0.2) is 0 Å². The molecule has 0 radical (unpaired) electrons. The van der Waals surface area contributed by atoms with Crippen LogP contribution in [-0.4, -0.2) is 38.7 Å². The predicted octanol–water partition coefficient (Wildman–Crippen LogP) is 2.89. The zero-order valence-corrected chi connectivity index (χ0v) is 17.2. The van der Waals surface area contributed by atoms with E-state index in [1.807, 2.05) is 44.2 Å². The molecule has 3 aromatic rings. The van der Waals surface area contributed by atoms with Crippen molar-refractivity contribution < 1.29 is 4.79 Å². The summed E-state index contributed by atoms with van der Waals surface area (Å²) in [5.41, 5.74) is 6.26. The van der Waals surface area contributed by atoms with E-state index in [9.17, 15) is 9.59 Å². The van der Waals surface area contributed by atoms with E-state index >= 15 is 0 Å². The van der Waals surface area contributed by atoms with E-state index in [-0.39, 0.29) is 17.0 Å². The Morgan fingerprint density at radius 2 is 1.90 bits per heavy atom. The van der Waals surface area contributed by atoms with Gasteiger partial charge in [-0.15, -0.1) is 0 Å². The molecule has 0 saturated carbocycles. The number of pyridine rings is 1. The number of H-pyrrole nitrogens is 1. The summed E-state index contributed by atoms with van der Waals surface area (Å²) in [7, 11) is 1.75. The molecular weight excluding hydrogens is 364 g/mol. The fourth-order valence-corrected chi connectivity index (χ4v) is 4.29. The van der Waals surface area contributed by atoms with Gasteiger partial charge in [0.05, 0.1) is 5.69 Å². The number of rotatable bonds is 3. The number of fused-ring (bicyclic) bond motifs is 1. The number of aryl methyl sites for hydroxylation is 1. The minimum Gasteiger partial charge on any atom is -0.338 e. The lowest BCUT2D eigenvalue weighted by Crippen LogP contribution is -2.38. The number of benzene rings is 1. The second-order valence-electron chi connectivity index (χ2n) is 7.59. The Morgan fingerprint density at radius 1 is 1.17 bits per heavy atom. The predicted molar refractivity (Wildman–Crippen MR) is 113 cm³/mol. The van der Waals surface area contributed by atoms with Gasteiger partial charge in [0.1, 0.15) is 5.56 Å². The highest BCUT2D eigenvalue weighted by Crippen LogP contribution is 2.26. The quantitative estimate of drug-likeness (QED) is 0.748. The van der Waals surface area contributed by atoms with E-state index in [4.69, 9.17) is 0 Å². The minimum atomic E-state index is -0.216. The molecule has 3 heterocycles. The highest BCUT2D eigenvalue weighted by Gasteiger charge is 2.26. The van der Waals surface area contributed by atoms with Crippen LogP contribution in [-0.2, 0) is 26.3 Å². The first-order chi connectivity index (χ1) is 14.0. The van der Waals surface area contributed by atoms with Crippen molar-refractivity contribution >= 4 is 5.91 Å². The maximum atomic E-state index is 13.2. The average Bonchev–Trinajstić information content (AvgIpc) is 3.02. The zero-order chi connectivity index (χ0) is 20.5. The molecule has 1 aliphatic rings. The van der Waals surface area contributed by atoms with Crippen LogP contribution in [0.2, 0.25) is 0 Å². The molecule has 0 saturated heterocycles. The molecule has 4 rings (SSSR count). The molecule has 0 atom stereocenters. The Labute approximate surface area is 170 Å². The molecule has 1 amide bonds. The van der Waals surface area contributed by atoms with E-state index in [0.717, 1.165) is 40.2 Å². The Bertz CT molecular complexity index is 1110. The molecule has 0 unspecified atom stereocenters. The van der Waals surface area contributed by atoms with E-state index in [0.29, 0.717) is 25.9 Å². The molecule has 0 bridgehead atoms. The number of hydrogen-bond donors (Lipinski definition) is 1. The van der Waals surface area contributed by atoms with Crippen LogP contribution in [0, 0.1) is 6.92 Å². The number of hydrogen-bond acceptors (Lipinski definition) is 3. The first-order valence-electron chi connectivity index (χ1n) is 10.1. The van der Waals surface area contributed by atoms with Gasteiger partial charge in [0.25, 0.3) is 11.5 Å². The third-order valence-corrected chi connectivity index (χ3v) is 5.87. The van der Waals surface area contributed by atoms with Gasteiger partial charge < -0.3 is 9.47 Å². The summed E-state index contributed by atoms with van der Waals surface area (Å²) >= 11 is 0. The second kappa shape index (κ2) is 7.70. The maximum Gasteiger partial charge on any atom is 0.263 e. The van der Waals surface area contributed by atoms with Crippen LogP contribution in [0.4, 0.5) is 0 Å². The fourth-order valence-electron chi connectivity index (χ4n) is 4.29. The standard InChI is InChI=1S/C23H26N4O2/c1-4-20-15(2)14-18(22(28)26(20)3)23(29)27-12-10-17-19(11-13-27)24-25-21(17)16-8-6-5-7-9-16/h5-9,14H,4,10-13H2,1-3H3,(H,24,25). The van der Waals surface area contributed by atoms with Crippen LogP contribution in [0.15, 0.2) is 41.2 Å². The van der Waals surface area contributed by atoms with Crippen molar-refractivity contribution in [3.8, 4) is 11.3 Å². The third-order valence-electron chi connectivity index (χ3n) is 5.87. The summed E-state index contributed by atoms with van der Waals surface area (Å²) < 4.78 is 1.61. The molecule has 1 aromatic carbocycles. The van der Waals surface area contributed by atoms with Gasteiger partial charge in [-0.2, -0.15) is 5.10 Å². The Morgan fingerprint density at radius 3 is 2.62 bits per heavy atom. The van der Waals surface area contributed by atoms with Crippen LogP contribution < -0.4 is 5.56 Å². The lowest BCUT2D eigenvalue weighted by atomic mass is 10.0. The maximum absolute atomic E-state index is 13.2. The lowest BCUT2D eigenvalue weighted by Gasteiger charge is -2.21. The van der Waals surface area contributed by atoms with Crippen molar-refractivity contribution in [1.29, 1.82) is 0 Å². The van der Waals surface area contributed by atoms with Gasteiger partial charge in [0, 0.05) is 49.1 Å². The molecule has 0 spiro atoms. The van der Waals surface area contributed by atoms with E-state index in [1.165, 1.54) is 0 Å². The molecule has 1 N–H and O–H groups in total. The summed E-state index contributed by atoms with van der Waals surface area (Å²) in [6, 6.07) is 11.8. The van der Waals surface area contributed by atoms with Gasteiger partial charge in [-0.25, -0.2) is 0 Å². The van der Waals surface area contributed by atoms with Crippen LogP contribution >= 0.6 is 0 Å². The molecular formula is C23H26N4O2. The summed E-state index contributed by atoms with van der Waals surface area (Å²) in [5, 5.41) is 7.67. The number of amides is 1. The largest absolute Gasteiger partial charge is 0.338 e. The van der Waals surface area contributed by atoms with Gasteiger partial charge in [-0.1, -0.05) is 37.3 Å². The minimum absolute atomic E-state index is 0.185. The van der Waals surface area contributed by atoms with E-state index < -0.39 is 0 Å². The topological polar surface area (TPSA) is 71.0 Å². The fraction of sp³-hybridized carbons (Fsp3) is 0.348. The van der Waals surface area contributed by atoms with E-state index in [1.54, 1.807) is 22.6 Å². The number of nitrogens with one attached hydrogen (secondary N) is 1. The zero-order valence-electron chi connectivity index (χ0n) is 17.2. The summed E-state index contributed by atoms with van der Waals surface area (Å²) in [6.07, 6.45) is 2.18. The van der Waals surface area contributed by atoms with Gasteiger partial charge >= 0.3 is 0 Å². The molecule has 0 fully saturated rings. The van der Waals surface area contributed by atoms with Gasteiger partial charge in [-0.05, 0) is 31.4 Å². The monoisotopic (exact) mass is 390 g/mol. The van der Waals surface area contributed by atoms with Crippen molar-refractivity contribution in [3.63, 3.8) is 0 Å². The summed E-state index contributed by atoms with van der Waals surface area (Å²) in [5.74, 6) is -0.185. The average molecular weight is 390 g/mol. The summed E-state index contributed by atoms with van der Waals surface area (Å²) in [4.78, 5) is 27.8. The molecule has 150 valence electrons. The number of aromatic amines is 1. The number of aromatic nitrogens is 3. The Kier molecular flexibility index (Phi) is 5.09. The smallest absolute Gasteiger partial charge is 0.263 e. The number of nitrogens with zero attached hydrogens (tertiary/aromatic N) is 3. The molecule has 6 heteroatoms. The lowest BCUT2D eigenvalue weighted by molar-refractivity contribution is 0.0760. The molecule has 0 aliphatic carbocycles. The highest BCUT2D eigenvalue weighted by molar-refractivity contribution is 5.94. The van der Waals surface area contributed by atoms with Crippen LogP contribution in [0.3, 0.4) is 0 Å². The first kappa shape index (κ1) is 19.2. The third kappa shape index (κ3) is 3.39. The van der Waals surface area contributed by atoms with Crippen LogP contribution in [0.25, 0.3) is 11.3 Å². The number of carbonyl (C=O) groups is 1. The molecule has 29 heavy (non-hydrogen) atoms. The normalized spacial score (nSPS) is 13.8. The van der Waals surface area contributed by atoms with Gasteiger partial charge in [0.2, 0.25) is 0 Å². The van der Waals surface area contributed by atoms with Crippen molar-refractivity contribution in [1.82, 2.24) is 19.7 Å². The highest BCUT2D eigenvalue weighted by atomic mass is 16.2. The molecule has 2 aromatic heterocycles. The first-order valence-corrected chi connectivity index (χ1v) is 10.1. The Balaban J connectivity index is 1.61. The van der Waals surface area contributed by atoms with Crippen molar-refractivity contribution in [2.45, 2.75) is 33.1 Å². The molecule has 6 nitrogen and oxygen atoms in total. The second-order valence-corrected chi connectivity index (χ2v) is 7.59. The van der Waals surface area contributed by atoms with E-state index in [2.05, 4.69) is 10.2 Å². The van der Waals surface area contributed by atoms with Crippen LogP contribution in [0.1, 0.15) is 39.8 Å². The SMILES string of the molecule is CCc1c(C)cc(C(=O)N2CCc3[nH]nc(-c4ccccc4)c3CC2)c(=O)n1C. The number of carbonyl (C=O) groups excluding carboxylic acids is 1. The van der Waals surface area contributed by atoms with Crippen molar-refractivity contribution in [2.75, 3.05) is 13.1 Å².